The van der Waals surface area contributed by atoms with Crippen LogP contribution in [-0.2, 0) is 17.7 Å². The summed E-state index contributed by atoms with van der Waals surface area (Å²) in [4.78, 5) is 5.79. The molecule has 1 aromatic rings. The van der Waals surface area contributed by atoms with Gasteiger partial charge in [-0.3, -0.25) is 0 Å². The van der Waals surface area contributed by atoms with Crippen LogP contribution in [0.3, 0.4) is 0 Å². The molecule has 2 rings (SSSR count). The summed E-state index contributed by atoms with van der Waals surface area (Å²) in [6, 6.07) is 0. The molecule has 0 spiro atoms. The first kappa shape index (κ1) is 12.0. The van der Waals surface area contributed by atoms with Crippen molar-refractivity contribution in [3.8, 4) is 0 Å². The Morgan fingerprint density at radius 3 is 3.31 bits per heavy atom. The first-order chi connectivity index (χ1) is 7.88. The van der Waals surface area contributed by atoms with E-state index in [1.54, 1.807) is 0 Å². The number of thiazole rings is 1. The molecule has 0 radical (unpaired) electrons. The van der Waals surface area contributed by atoms with E-state index in [-0.39, 0.29) is 0 Å². The smallest absolute Gasteiger partial charge is 0.0954 e. The first-order valence-electron chi connectivity index (χ1n) is 6.14. The average Bonchev–Trinajstić information content (AvgIpc) is 2.91. The monoisotopic (exact) mass is 240 g/mol. The highest BCUT2D eigenvalue weighted by molar-refractivity contribution is 7.11. The third-order valence-electron chi connectivity index (χ3n) is 2.75. The van der Waals surface area contributed by atoms with Crippen LogP contribution >= 0.6 is 11.3 Å². The van der Waals surface area contributed by atoms with Gasteiger partial charge in [-0.2, -0.15) is 0 Å². The molecule has 1 aliphatic heterocycles. The summed E-state index contributed by atoms with van der Waals surface area (Å²) in [5.74, 6) is 0. The molecule has 1 fully saturated rings. The van der Waals surface area contributed by atoms with Crippen molar-refractivity contribution in [2.24, 2.45) is 0 Å². The molecule has 90 valence electrons. The maximum Gasteiger partial charge on any atom is 0.0954 e. The lowest BCUT2D eigenvalue weighted by Crippen LogP contribution is -2.12. The fraction of sp³-hybridized carbons (Fsp3) is 0.750. The predicted molar refractivity (Wildman–Crippen MR) is 66.8 cm³/mol. The van der Waals surface area contributed by atoms with Crippen molar-refractivity contribution in [2.75, 3.05) is 13.2 Å². The van der Waals surface area contributed by atoms with E-state index in [9.17, 15) is 0 Å². The molecule has 1 unspecified atom stereocenters. The Balaban J connectivity index is 1.77. The molecule has 4 heteroatoms. The van der Waals surface area contributed by atoms with Crippen molar-refractivity contribution < 1.29 is 4.74 Å². The summed E-state index contributed by atoms with van der Waals surface area (Å²) in [6.45, 7) is 5.15. The Hall–Kier alpha value is -0.450. The van der Waals surface area contributed by atoms with Gasteiger partial charge < -0.3 is 10.1 Å². The van der Waals surface area contributed by atoms with Crippen molar-refractivity contribution in [1.82, 2.24) is 10.3 Å². The molecule has 0 bridgehead atoms. The highest BCUT2D eigenvalue weighted by Gasteiger charge is 2.17. The van der Waals surface area contributed by atoms with Crippen LogP contribution in [0.5, 0.6) is 0 Å². The zero-order chi connectivity index (χ0) is 11.2. The number of hydrogen-bond donors (Lipinski definition) is 1. The summed E-state index contributed by atoms with van der Waals surface area (Å²) in [6.07, 6.45) is 7.00. The van der Waals surface area contributed by atoms with Gasteiger partial charge in [0.1, 0.15) is 0 Å². The predicted octanol–water partition coefficient (Wildman–Crippen LogP) is 2.36. The van der Waals surface area contributed by atoms with Crippen LogP contribution in [0.2, 0.25) is 0 Å². The van der Waals surface area contributed by atoms with Gasteiger partial charge >= 0.3 is 0 Å². The van der Waals surface area contributed by atoms with E-state index in [4.69, 9.17) is 4.74 Å². The zero-order valence-electron chi connectivity index (χ0n) is 9.87. The van der Waals surface area contributed by atoms with Crippen LogP contribution in [0, 0.1) is 0 Å². The number of ether oxygens (including phenoxy) is 1. The number of hydrogen-bond acceptors (Lipinski definition) is 4. The molecular weight excluding hydrogens is 220 g/mol. The second kappa shape index (κ2) is 6.33. The van der Waals surface area contributed by atoms with Crippen LogP contribution < -0.4 is 5.32 Å². The third kappa shape index (κ3) is 3.54. The Morgan fingerprint density at radius 1 is 1.62 bits per heavy atom. The number of aromatic nitrogens is 1. The Kier molecular flexibility index (Phi) is 4.75. The summed E-state index contributed by atoms with van der Waals surface area (Å²) in [5, 5.41) is 4.62. The fourth-order valence-electron chi connectivity index (χ4n) is 1.91. The molecule has 1 atom stereocenters. The van der Waals surface area contributed by atoms with E-state index in [2.05, 4.69) is 17.2 Å². The highest BCUT2D eigenvalue weighted by atomic mass is 32.1. The fourth-order valence-corrected chi connectivity index (χ4v) is 2.87. The summed E-state index contributed by atoms with van der Waals surface area (Å²) < 4.78 is 5.62. The first-order valence-corrected chi connectivity index (χ1v) is 6.96. The Labute approximate surface area is 101 Å². The van der Waals surface area contributed by atoms with Crippen LogP contribution in [-0.4, -0.2) is 24.2 Å². The Morgan fingerprint density at radius 2 is 2.56 bits per heavy atom. The SMILES string of the molecule is CCCNCc1cnc(CC2CCCO2)s1. The minimum absolute atomic E-state index is 0.419. The number of rotatable bonds is 6. The molecule has 16 heavy (non-hydrogen) atoms. The largest absolute Gasteiger partial charge is 0.378 e. The van der Waals surface area contributed by atoms with Gasteiger partial charge in [-0.15, -0.1) is 11.3 Å². The molecule has 1 aromatic heterocycles. The third-order valence-corrected chi connectivity index (χ3v) is 3.77. The second-order valence-corrected chi connectivity index (χ2v) is 5.44. The lowest BCUT2D eigenvalue weighted by atomic mass is 10.2. The van der Waals surface area contributed by atoms with Gasteiger partial charge in [0.05, 0.1) is 11.1 Å². The molecule has 1 aliphatic rings. The van der Waals surface area contributed by atoms with Crippen LogP contribution in [0.1, 0.15) is 36.1 Å². The van der Waals surface area contributed by atoms with Crippen molar-refractivity contribution in [3.05, 3.63) is 16.1 Å². The van der Waals surface area contributed by atoms with Crippen molar-refractivity contribution in [1.29, 1.82) is 0 Å². The van der Waals surface area contributed by atoms with E-state index >= 15 is 0 Å². The van der Waals surface area contributed by atoms with Crippen LogP contribution in [0.4, 0.5) is 0 Å². The lowest BCUT2D eigenvalue weighted by Gasteiger charge is -2.05. The van der Waals surface area contributed by atoms with Gasteiger partial charge in [-0.05, 0) is 25.8 Å². The molecule has 2 heterocycles. The van der Waals surface area contributed by atoms with Gasteiger partial charge in [0.25, 0.3) is 0 Å². The van der Waals surface area contributed by atoms with E-state index in [1.165, 1.54) is 29.1 Å². The summed E-state index contributed by atoms with van der Waals surface area (Å²) >= 11 is 1.82. The maximum atomic E-state index is 5.62. The molecule has 3 nitrogen and oxygen atoms in total. The minimum atomic E-state index is 0.419. The number of nitrogens with zero attached hydrogens (tertiary/aromatic N) is 1. The topological polar surface area (TPSA) is 34.2 Å². The molecule has 1 N–H and O–H groups in total. The Bertz CT molecular complexity index is 308. The summed E-state index contributed by atoms with van der Waals surface area (Å²) in [5.41, 5.74) is 0. The van der Waals surface area contributed by atoms with Gasteiger partial charge in [0.2, 0.25) is 0 Å². The standard InChI is InChI=1S/C12H20N2OS/c1-2-5-13-8-11-9-14-12(16-11)7-10-4-3-6-15-10/h9-10,13H,2-8H2,1H3. The average molecular weight is 240 g/mol. The van der Waals surface area contributed by atoms with Gasteiger partial charge in [0, 0.05) is 30.6 Å². The molecule has 0 aliphatic carbocycles. The van der Waals surface area contributed by atoms with Crippen LogP contribution in [0.15, 0.2) is 6.20 Å². The van der Waals surface area contributed by atoms with E-state index in [0.29, 0.717) is 6.10 Å². The van der Waals surface area contributed by atoms with Crippen LogP contribution in [0.25, 0.3) is 0 Å². The normalized spacial score (nSPS) is 20.4. The van der Waals surface area contributed by atoms with E-state index in [1.807, 2.05) is 17.5 Å². The van der Waals surface area contributed by atoms with Gasteiger partial charge in [0.15, 0.2) is 0 Å². The van der Waals surface area contributed by atoms with Crippen molar-refractivity contribution in [3.63, 3.8) is 0 Å². The minimum Gasteiger partial charge on any atom is -0.378 e. The summed E-state index contributed by atoms with van der Waals surface area (Å²) in [7, 11) is 0. The number of nitrogens with one attached hydrogen (secondary N) is 1. The molecule has 1 saturated heterocycles. The molecule has 0 saturated carbocycles. The van der Waals surface area contributed by atoms with Crippen molar-refractivity contribution >= 4 is 11.3 Å². The maximum absolute atomic E-state index is 5.62. The van der Waals surface area contributed by atoms with Crippen molar-refractivity contribution in [2.45, 2.75) is 45.3 Å². The van der Waals surface area contributed by atoms with Gasteiger partial charge in [-0.25, -0.2) is 4.98 Å². The zero-order valence-corrected chi connectivity index (χ0v) is 10.7. The molecular formula is C12H20N2OS. The van der Waals surface area contributed by atoms with Gasteiger partial charge in [-0.1, -0.05) is 6.92 Å². The van der Waals surface area contributed by atoms with E-state index in [0.717, 1.165) is 26.1 Å². The quantitative estimate of drug-likeness (QED) is 0.775. The van der Waals surface area contributed by atoms with E-state index < -0.39 is 0 Å². The molecule has 0 amide bonds. The highest BCUT2D eigenvalue weighted by Crippen LogP contribution is 2.20. The molecule has 0 aromatic carbocycles. The second-order valence-electron chi connectivity index (χ2n) is 4.24. The lowest BCUT2D eigenvalue weighted by molar-refractivity contribution is 0.111.